The molecule has 1 atom stereocenters. The summed E-state index contributed by atoms with van der Waals surface area (Å²) in [5.41, 5.74) is 6.69. The van der Waals surface area contributed by atoms with Crippen molar-refractivity contribution in [2.75, 3.05) is 18.6 Å². The van der Waals surface area contributed by atoms with Crippen molar-refractivity contribution < 1.29 is 9.53 Å². The highest BCUT2D eigenvalue weighted by molar-refractivity contribution is 5.77. The van der Waals surface area contributed by atoms with Crippen molar-refractivity contribution in [1.29, 1.82) is 0 Å². The Labute approximate surface area is 117 Å². The van der Waals surface area contributed by atoms with E-state index in [9.17, 15) is 4.79 Å². The Bertz CT molecular complexity index is 508. The van der Waals surface area contributed by atoms with Gasteiger partial charge >= 0.3 is 5.97 Å². The van der Waals surface area contributed by atoms with Gasteiger partial charge in [-0.1, -0.05) is 18.2 Å². The Kier molecular flexibility index (Phi) is 4.62. The molecule has 0 amide bonds. The van der Waals surface area contributed by atoms with Gasteiger partial charge in [0.25, 0.3) is 0 Å². The monoisotopic (exact) mass is 272 g/mol. The van der Waals surface area contributed by atoms with Crippen molar-refractivity contribution in [1.82, 2.24) is 9.97 Å². The molecule has 2 N–H and O–H groups in total. The minimum atomic E-state index is -0.774. The van der Waals surface area contributed by atoms with Gasteiger partial charge in [0.15, 0.2) is 0 Å². The molecule has 0 saturated carbocycles. The molecule has 0 radical (unpaired) electrons. The largest absolute Gasteiger partial charge is 0.468 e. The molecular weight excluding hydrogens is 256 g/mol. The first-order valence-electron chi connectivity index (χ1n) is 6.15. The van der Waals surface area contributed by atoms with E-state index in [0.717, 1.165) is 5.69 Å². The molecule has 6 nitrogen and oxygen atoms in total. The number of ether oxygens (including phenoxy) is 1. The molecule has 0 aliphatic heterocycles. The molecule has 2 rings (SSSR count). The van der Waals surface area contributed by atoms with Crippen LogP contribution in [0.1, 0.15) is 0 Å². The van der Waals surface area contributed by atoms with Crippen LogP contribution in [0.2, 0.25) is 0 Å². The zero-order valence-electron chi connectivity index (χ0n) is 11.1. The number of esters is 1. The first-order valence-corrected chi connectivity index (χ1v) is 6.15. The average molecular weight is 272 g/mol. The highest BCUT2D eigenvalue weighted by Gasteiger charge is 2.21. The number of para-hydroxylation sites is 1. The van der Waals surface area contributed by atoms with Gasteiger partial charge in [-0.2, -0.15) is 0 Å². The van der Waals surface area contributed by atoms with Gasteiger partial charge in [0.1, 0.15) is 6.04 Å². The Morgan fingerprint density at radius 1 is 1.25 bits per heavy atom. The summed E-state index contributed by atoms with van der Waals surface area (Å²) in [6.07, 6.45) is 3.28. The smallest absolute Gasteiger partial charge is 0.324 e. The molecule has 0 aliphatic rings. The van der Waals surface area contributed by atoms with Gasteiger partial charge in [-0.05, 0) is 18.2 Å². The summed E-state index contributed by atoms with van der Waals surface area (Å²) in [6, 6.07) is 10.5. The fourth-order valence-electron chi connectivity index (χ4n) is 1.76. The fourth-order valence-corrected chi connectivity index (χ4v) is 1.76. The number of hydrogen-bond acceptors (Lipinski definition) is 6. The normalized spacial score (nSPS) is 11.7. The standard InChI is InChI=1S/C14H16N4O2/c1-20-13(19)12(15)10-18(11-6-3-2-4-7-11)14-16-8-5-9-17-14/h2-9,12H,10,15H2,1H3. The predicted octanol–water partition coefficient (Wildman–Crippen LogP) is 1.11. The summed E-state index contributed by atoms with van der Waals surface area (Å²) in [4.78, 5) is 21.7. The Morgan fingerprint density at radius 3 is 2.50 bits per heavy atom. The number of aromatic nitrogens is 2. The third-order valence-electron chi connectivity index (χ3n) is 2.74. The number of carbonyl (C=O) groups excluding carboxylic acids is 1. The summed E-state index contributed by atoms with van der Waals surface area (Å²) >= 11 is 0. The lowest BCUT2D eigenvalue weighted by atomic mass is 10.2. The van der Waals surface area contributed by atoms with Crippen molar-refractivity contribution in [2.24, 2.45) is 5.73 Å². The zero-order chi connectivity index (χ0) is 14.4. The van der Waals surface area contributed by atoms with E-state index in [2.05, 4.69) is 14.7 Å². The van der Waals surface area contributed by atoms with Crippen LogP contribution in [0.5, 0.6) is 0 Å². The predicted molar refractivity (Wildman–Crippen MR) is 75.5 cm³/mol. The maximum absolute atomic E-state index is 11.5. The summed E-state index contributed by atoms with van der Waals surface area (Å²) in [5, 5.41) is 0. The molecule has 0 spiro atoms. The van der Waals surface area contributed by atoms with Gasteiger partial charge in [-0.25, -0.2) is 9.97 Å². The fraction of sp³-hybridized carbons (Fsp3) is 0.214. The van der Waals surface area contributed by atoms with Crippen molar-refractivity contribution in [3.8, 4) is 0 Å². The maximum Gasteiger partial charge on any atom is 0.324 e. The number of rotatable bonds is 5. The lowest BCUT2D eigenvalue weighted by molar-refractivity contribution is -0.141. The Balaban J connectivity index is 2.28. The van der Waals surface area contributed by atoms with Crippen molar-refractivity contribution in [2.45, 2.75) is 6.04 Å². The van der Waals surface area contributed by atoms with Crippen LogP contribution in [-0.4, -0.2) is 35.6 Å². The third kappa shape index (κ3) is 3.30. The molecule has 20 heavy (non-hydrogen) atoms. The van der Waals surface area contributed by atoms with Crippen LogP contribution < -0.4 is 10.6 Å². The minimum Gasteiger partial charge on any atom is -0.468 e. The van der Waals surface area contributed by atoms with E-state index in [-0.39, 0.29) is 6.54 Å². The number of nitrogens with zero attached hydrogens (tertiary/aromatic N) is 3. The molecule has 0 fully saturated rings. The molecule has 6 heteroatoms. The first-order chi connectivity index (χ1) is 9.72. The number of anilines is 2. The summed E-state index contributed by atoms with van der Waals surface area (Å²) < 4.78 is 4.65. The van der Waals surface area contributed by atoms with Crippen LogP contribution in [0.25, 0.3) is 0 Å². The number of methoxy groups -OCH3 is 1. The second-order valence-corrected chi connectivity index (χ2v) is 4.12. The first kappa shape index (κ1) is 14.0. The number of hydrogen-bond donors (Lipinski definition) is 1. The van der Waals surface area contributed by atoms with E-state index < -0.39 is 12.0 Å². The molecular formula is C14H16N4O2. The SMILES string of the molecule is COC(=O)C(N)CN(c1ccccc1)c1ncccn1. The molecule has 0 bridgehead atoms. The molecule has 104 valence electrons. The lowest BCUT2D eigenvalue weighted by Crippen LogP contribution is -2.42. The Hall–Kier alpha value is -2.47. The second-order valence-electron chi connectivity index (χ2n) is 4.12. The summed E-state index contributed by atoms with van der Waals surface area (Å²) in [7, 11) is 1.31. The molecule has 1 unspecified atom stereocenters. The summed E-state index contributed by atoms with van der Waals surface area (Å²) in [6.45, 7) is 0.237. The highest BCUT2D eigenvalue weighted by atomic mass is 16.5. The van der Waals surface area contributed by atoms with Gasteiger partial charge < -0.3 is 15.4 Å². The van der Waals surface area contributed by atoms with E-state index in [1.54, 1.807) is 23.4 Å². The Morgan fingerprint density at radius 2 is 1.90 bits per heavy atom. The van der Waals surface area contributed by atoms with E-state index in [4.69, 9.17) is 5.73 Å². The van der Waals surface area contributed by atoms with Crippen LogP contribution in [0, 0.1) is 0 Å². The highest BCUT2D eigenvalue weighted by Crippen LogP contribution is 2.21. The molecule has 1 aromatic heterocycles. The number of benzene rings is 1. The van der Waals surface area contributed by atoms with Crippen molar-refractivity contribution in [3.05, 3.63) is 48.8 Å². The van der Waals surface area contributed by atoms with Crippen molar-refractivity contribution in [3.63, 3.8) is 0 Å². The van der Waals surface area contributed by atoms with Gasteiger partial charge in [0.2, 0.25) is 5.95 Å². The minimum absolute atomic E-state index is 0.237. The maximum atomic E-state index is 11.5. The number of nitrogens with two attached hydrogens (primary N) is 1. The van der Waals surface area contributed by atoms with Crippen LogP contribution in [0.3, 0.4) is 0 Å². The topological polar surface area (TPSA) is 81.3 Å². The molecule has 0 saturated heterocycles. The molecule has 2 aromatic rings. The van der Waals surface area contributed by atoms with Crippen LogP contribution in [0.15, 0.2) is 48.8 Å². The van der Waals surface area contributed by atoms with Gasteiger partial charge in [0, 0.05) is 18.1 Å². The molecule has 1 aromatic carbocycles. The zero-order valence-corrected chi connectivity index (χ0v) is 11.1. The second kappa shape index (κ2) is 6.63. The van der Waals surface area contributed by atoms with Gasteiger partial charge in [-0.3, -0.25) is 4.79 Å². The quantitative estimate of drug-likeness (QED) is 0.821. The van der Waals surface area contributed by atoms with Gasteiger partial charge in [0.05, 0.1) is 13.7 Å². The molecule has 0 aliphatic carbocycles. The van der Waals surface area contributed by atoms with Gasteiger partial charge in [-0.15, -0.1) is 0 Å². The van der Waals surface area contributed by atoms with E-state index in [0.29, 0.717) is 5.95 Å². The third-order valence-corrected chi connectivity index (χ3v) is 2.74. The lowest BCUT2D eigenvalue weighted by Gasteiger charge is -2.24. The number of carbonyl (C=O) groups is 1. The van der Waals surface area contributed by atoms with Crippen molar-refractivity contribution >= 4 is 17.6 Å². The van der Waals surface area contributed by atoms with E-state index >= 15 is 0 Å². The average Bonchev–Trinajstić information content (AvgIpc) is 2.53. The van der Waals surface area contributed by atoms with E-state index in [1.807, 2.05) is 30.3 Å². The van der Waals surface area contributed by atoms with E-state index in [1.165, 1.54) is 7.11 Å². The summed E-state index contributed by atoms with van der Waals surface area (Å²) in [5.74, 6) is 0.0138. The van der Waals surface area contributed by atoms with Crippen LogP contribution in [-0.2, 0) is 9.53 Å². The van der Waals surface area contributed by atoms with Crippen LogP contribution >= 0.6 is 0 Å². The van der Waals surface area contributed by atoms with Crippen LogP contribution in [0.4, 0.5) is 11.6 Å². The molecule has 1 heterocycles.